The lowest BCUT2D eigenvalue weighted by Crippen LogP contribution is -2.39. The molecule has 1 aliphatic heterocycles. The van der Waals surface area contributed by atoms with Crippen LogP contribution in [0.3, 0.4) is 0 Å². The second kappa shape index (κ2) is 7.84. The van der Waals surface area contributed by atoms with Crippen molar-refractivity contribution in [2.75, 3.05) is 13.1 Å². The average molecular weight is 376 g/mol. The Labute approximate surface area is 163 Å². The number of aryl methyl sites for hydroxylation is 1. The number of rotatable bonds is 3. The monoisotopic (exact) mass is 376 g/mol. The van der Waals surface area contributed by atoms with Gasteiger partial charge in [0.15, 0.2) is 0 Å². The van der Waals surface area contributed by atoms with Crippen molar-refractivity contribution in [1.82, 2.24) is 19.9 Å². The minimum Gasteiger partial charge on any atom is -0.337 e. The summed E-state index contributed by atoms with van der Waals surface area (Å²) >= 11 is 0. The molecule has 4 rings (SSSR count). The third kappa shape index (κ3) is 3.91. The van der Waals surface area contributed by atoms with Crippen LogP contribution in [0.15, 0.2) is 55.0 Å². The Bertz CT molecular complexity index is 976. The van der Waals surface area contributed by atoms with Crippen LogP contribution in [0.1, 0.15) is 40.6 Å². The highest BCUT2D eigenvalue weighted by atomic mass is 19.1. The van der Waals surface area contributed by atoms with Gasteiger partial charge in [0.25, 0.3) is 5.91 Å². The van der Waals surface area contributed by atoms with Crippen LogP contribution in [0.4, 0.5) is 4.39 Å². The molecule has 2 aromatic heterocycles. The first-order valence-corrected chi connectivity index (χ1v) is 9.40. The second-order valence-electron chi connectivity index (χ2n) is 7.11. The van der Waals surface area contributed by atoms with Crippen molar-refractivity contribution in [3.63, 3.8) is 0 Å². The summed E-state index contributed by atoms with van der Waals surface area (Å²) in [5.41, 5.74) is 4.22. The Hall–Kier alpha value is -3.15. The molecule has 1 saturated heterocycles. The molecule has 0 N–H and O–H groups in total. The zero-order chi connectivity index (χ0) is 19.5. The minimum atomic E-state index is -0.250. The largest absolute Gasteiger partial charge is 0.337 e. The number of carbonyl (C=O) groups excluding carboxylic acids is 1. The molecule has 1 atom stereocenters. The zero-order valence-corrected chi connectivity index (χ0v) is 15.7. The normalized spacial score (nSPS) is 16.8. The van der Waals surface area contributed by atoms with E-state index in [9.17, 15) is 9.18 Å². The molecule has 3 aromatic rings. The van der Waals surface area contributed by atoms with Crippen molar-refractivity contribution in [2.45, 2.75) is 25.7 Å². The quantitative estimate of drug-likeness (QED) is 0.693. The van der Waals surface area contributed by atoms with Crippen molar-refractivity contribution in [2.24, 2.45) is 0 Å². The van der Waals surface area contributed by atoms with Crippen molar-refractivity contribution in [1.29, 1.82) is 0 Å². The van der Waals surface area contributed by atoms with Crippen LogP contribution in [-0.2, 0) is 0 Å². The van der Waals surface area contributed by atoms with Gasteiger partial charge in [-0.05, 0) is 55.2 Å². The highest BCUT2D eigenvalue weighted by Crippen LogP contribution is 2.30. The fraction of sp³-hybridized carbons (Fsp3) is 0.273. The molecular weight excluding hydrogens is 355 g/mol. The fourth-order valence-corrected chi connectivity index (χ4v) is 3.69. The van der Waals surface area contributed by atoms with E-state index in [1.54, 1.807) is 18.3 Å². The average Bonchev–Trinajstić information content (AvgIpc) is 2.74. The summed E-state index contributed by atoms with van der Waals surface area (Å²) in [6, 6.07) is 10.5. The Kier molecular flexibility index (Phi) is 5.10. The van der Waals surface area contributed by atoms with Crippen molar-refractivity contribution in [3.8, 4) is 11.1 Å². The number of hydrogen-bond acceptors (Lipinski definition) is 4. The van der Waals surface area contributed by atoms with Crippen LogP contribution < -0.4 is 0 Å². The number of benzene rings is 1. The molecule has 28 heavy (non-hydrogen) atoms. The van der Waals surface area contributed by atoms with Crippen LogP contribution in [0.2, 0.25) is 0 Å². The molecule has 6 heteroatoms. The second-order valence-corrected chi connectivity index (χ2v) is 7.11. The zero-order valence-electron chi connectivity index (χ0n) is 15.7. The van der Waals surface area contributed by atoms with Gasteiger partial charge in [-0.15, -0.1) is 0 Å². The van der Waals surface area contributed by atoms with E-state index < -0.39 is 0 Å². The SMILES string of the molecule is Cc1cc(-c2ccc(F)cc2)cc([C@H]2CCCN(C(=O)c3cnccn3)C2)n1. The van der Waals surface area contributed by atoms with Gasteiger partial charge in [-0.1, -0.05) is 12.1 Å². The molecule has 1 fully saturated rings. The number of amides is 1. The van der Waals surface area contributed by atoms with Gasteiger partial charge in [0.2, 0.25) is 0 Å². The van der Waals surface area contributed by atoms with Crippen LogP contribution in [-0.4, -0.2) is 38.8 Å². The maximum Gasteiger partial charge on any atom is 0.274 e. The number of hydrogen-bond donors (Lipinski definition) is 0. The third-order valence-corrected chi connectivity index (χ3v) is 5.06. The first kappa shape index (κ1) is 18.2. The molecule has 0 aliphatic carbocycles. The van der Waals surface area contributed by atoms with E-state index >= 15 is 0 Å². The van der Waals surface area contributed by atoms with E-state index in [1.165, 1.54) is 24.5 Å². The smallest absolute Gasteiger partial charge is 0.274 e. The third-order valence-electron chi connectivity index (χ3n) is 5.06. The molecule has 0 radical (unpaired) electrons. The van der Waals surface area contributed by atoms with E-state index in [0.717, 1.165) is 35.4 Å². The van der Waals surface area contributed by atoms with E-state index in [-0.39, 0.29) is 17.6 Å². The number of aromatic nitrogens is 3. The van der Waals surface area contributed by atoms with Crippen LogP contribution in [0.5, 0.6) is 0 Å². The van der Waals surface area contributed by atoms with Crippen molar-refractivity contribution < 1.29 is 9.18 Å². The summed E-state index contributed by atoms with van der Waals surface area (Å²) in [4.78, 5) is 27.4. The molecule has 0 unspecified atom stereocenters. The van der Waals surface area contributed by atoms with Gasteiger partial charge in [0.05, 0.1) is 6.20 Å². The molecule has 3 heterocycles. The maximum atomic E-state index is 13.3. The molecular formula is C22H21FN4O. The molecule has 1 amide bonds. The lowest BCUT2D eigenvalue weighted by molar-refractivity contribution is 0.0699. The number of piperidine rings is 1. The van der Waals surface area contributed by atoms with E-state index in [2.05, 4.69) is 16.0 Å². The summed E-state index contributed by atoms with van der Waals surface area (Å²) in [5.74, 6) is -0.183. The van der Waals surface area contributed by atoms with Gasteiger partial charge in [-0.25, -0.2) is 9.37 Å². The molecule has 5 nitrogen and oxygen atoms in total. The number of pyridine rings is 1. The van der Waals surface area contributed by atoms with Gasteiger partial charge < -0.3 is 4.90 Å². The minimum absolute atomic E-state index is 0.0933. The van der Waals surface area contributed by atoms with Gasteiger partial charge in [-0.2, -0.15) is 0 Å². The van der Waals surface area contributed by atoms with Crippen molar-refractivity contribution >= 4 is 5.91 Å². The Morgan fingerprint density at radius 3 is 2.71 bits per heavy atom. The van der Waals surface area contributed by atoms with E-state index in [0.29, 0.717) is 18.8 Å². The van der Waals surface area contributed by atoms with E-state index in [4.69, 9.17) is 4.98 Å². The number of likely N-dealkylation sites (tertiary alicyclic amines) is 1. The Morgan fingerprint density at radius 1 is 1.14 bits per heavy atom. The molecule has 0 saturated carbocycles. The summed E-state index contributed by atoms with van der Waals surface area (Å²) < 4.78 is 13.3. The predicted molar refractivity (Wildman–Crippen MR) is 104 cm³/mol. The first-order valence-electron chi connectivity index (χ1n) is 9.40. The lowest BCUT2D eigenvalue weighted by Gasteiger charge is -2.32. The molecule has 142 valence electrons. The number of halogens is 1. The number of nitrogens with zero attached hydrogens (tertiary/aromatic N) is 4. The summed E-state index contributed by atoms with van der Waals surface area (Å²) in [6.45, 7) is 3.28. The standard InChI is InChI=1S/C22H21FN4O/c1-15-11-18(16-4-6-19(23)7-5-16)12-20(26-15)17-3-2-10-27(14-17)22(28)21-13-24-8-9-25-21/h4-9,11-13,17H,2-3,10,14H2,1H3/t17-/m0/s1. The van der Waals surface area contributed by atoms with Gasteiger partial charge in [0.1, 0.15) is 11.5 Å². The molecule has 1 aromatic carbocycles. The van der Waals surface area contributed by atoms with E-state index in [1.807, 2.05) is 17.9 Å². The fourth-order valence-electron chi connectivity index (χ4n) is 3.69. The van der Waals surface area contributed by atoms with Gasteiger partial charge >= 0.3 is 0 Å². The highest BCUT2D eigenvalue weighted by Gasteiger charge is 2.27. The highest BCUT2D eigenvalue weighted by molar-refractivity contribution is 5.92. The predicted octanol–water partition coefficient (Wildman–Crippen LogP) is 4.01. The summed E-state index contributed by atoms with van der Waals surface area (Å²) in [6.07, 6.45) is 6.49. The van der Waals surface area contributed by atoms with Crippen LogP contribution in [0.25, 0.3) is 11.1 Å². The van der Waals surface area contributed by atoms with Gasteiger partial charge in [0, 0.05) is 42.8 Å². The Balaban J connectivity index is 1.58. The molecule has 0 spiro atoms. The summed E-state index contributed by atoms with van der Waals surface area (Å²) in [5, 5.41) is 0. The van der Waals surface area contributed by atoms with Crippen LogP contribution >= 0.6 is 0 Å². The molecule has 0 bridgehead atoms. The summed E-state index contributed by atoms with van der Waals surface area (Å²) in [7, 11) is 0. The van der Waals surface area contributed by atoms with Crippen molar-refractivity contribution in [3.05, 3.63) is 77.9 Å². The topological polar surface area (TPSA) is 59.0 Å². The Morgan fingerprint density at radius 2 is 1.96 bits per heavy atom. The lowest BCUT2D eigenvalue weighted by atomic mass is 9.92. The molecule has 1 aliphatic rings. The van der Waals surface area contributed by atoms with Crippen LogP contribution in [0, 0.1) is 12.7 Å². The number of carbonyl (C=O) groups is 1. The maximum absolute atomic E-state index is 13.3. The first-order chi connectivity index (χ1) is 13.6. The van der Waals surface area contributed by atoms with Gasteiger partial charge in [-0.3, -0.25) is 14.8 Å².